The molecule has 4 heteroatoms. The van der Waals surface area contributed by atoms with Crippen LogP contribution in [-0.2, 0) is 9.47 Å². The number of hydrogen-bond acceptors (Lipinski definition) is 4. The average molecular weight is 281 g/mol. The molecule has 0 aliphatic heterocycles. The minimum absolute atomic E-state index is 0.124. The summed E-state index contributed by atoms with van der Waals surface area (Å²) in [5.74, 6) is 0.798. The van der Waals surface area contributed by atoms with E-state index >= 15 is 0 Å². The van der Waals surface area contributed by atoms with E-state index < -0.39 is 0 Å². The van der Waals surface area contributed by atoms with Crippen LogP contribution in [0.15, 0.2) is 24.3 Å². The Balaban J connectivity index is 2.65. The van der Waals surface area contributed by atoms with Gasteiger partial charge in [-0.25, -0.2) is 0 Å². The van der Waals surface area contributed by atoms with Crippen LogP contribution in [0, 0.1) is 0 Å². The lowest BCUT2D eigenvalue weighted by Crippen LogP contribution is -2.29. The summed E-state index contributed by atoms with van der Waals surface area (Å²) < 4.78 is 16.9. The smallest absolute Gasteiger partial charge is 0.124 e. The number of ether oxygens (including phenoxy) is 3. The molecular formula is C16H27NO3. The largest absolute Gasteiger partial charge is 0.496 e. The molecule has 2 unspecified atom stereocenters. The SMILES string of the molecule is COc1ccccc1C(OCCOC(C)(C)C)C(C)N. The van der Waals surface area contributed by atoms with Crippen LogP contribution in [0.3, 0.4) is 0 Å². The van der Waals surface area contributed by atoms with Gasteiger partial charge >= 0.3 is 0 Å². The van der Waals surface area contributed by atoms with Crippen LogP contribution >= 0.6 is 0 Å². The van der Waals surface area contributed by atoms with E-state index in [-0.39, 0.29) is 17.7 Å². The standard InChI is InChI=1S/C16H27NO3/c1-12(17)15(19-10-11-20-16(2,3)4)13-8-6-7-9-14(13)18-5/h6-9,12,15H,10-11,17H2,1-5H3. The third-order valence-corrected chi connectivity index (χ3v) is 2.84. The van der Waals surface area contributed by atoms with Crippen LogP contribution in [0.25, 0.3) is 0 Å². The summed E-state index contributed by atoms with van der Waals surface area (Å²) in [6, 6.07) is 7.67. The Morgan fingerprint density at radius 2 is 1.80 bits per heavy atom. The van der Waals surface area contributed by atoms with Gasteiger partial charge in [0.15, 0.2) is 0 Å². The van der Waals surface area contributed by atoms with Crippen molar-refractivity contribution in [1.82, 2.24) is 0 Å². The second-order valence-electron chi connectivity index (χ2n) is 5.85. The number of methoxy groups -OCH3 is 1. The zero-order valence-corrected chi connectivity index (χ0v) is 13.2. The van der Waals surface area contributed by atoms with Crippen molar-refractivity contribution in [2.24, 2.45) is 5.73 Å². The number of para-hydroxylation sites is 1. The number of benzene rings is 1. The molecule has 0 saturated heterocycles. The first-order valence-electron chi connectivity index (χ1n) is 6.99. The molecule has 1 aromatic rings. The van der Waals surface area contributed by atoms with Gasteiger partial charge < -0.3 is 19.9 Å². The normalized spacial score (nSPS) is 14.9. The Bertz CT molecular complexity index is 399. The molecule has 2 N–H and O–H groups in total. The molecule has 0 aromatic heterocycles. The summed E-state index contributed by atoms with van der Waals surface area (Å²) >= 11 is 0. The van der Waals surface area contributed by atoms with E-state index in [1.54, 1.807) is 7.11 Å². The molecule has 0 spiro atoms. The van der Waals surface area contributed by atoms with Crippen LogP contribution in [0.5, 0.6) is 5.75 Å². The highest BCUT2D eigenvalue weighted by atomic mass is 16.5. The third kappa shape index (κ3) is 5.49. The van der Waals surface area contributed by atoms with Gasteiger partial charge in [-0.1, -0.05) is 18.2 Å². The Labute approximate surface area is 122 Å². The van der Waals surface area contributed by atoms with Crippen LogP contribution in [-0.4, -0.2) is 32.0 Å². The molecule has 0 aliphatic rings. The molecule has 2 atom stereocenters. The van der Waals surface area contributed by atoms with Gasteiger partial charge in [0, 0.05) is 11.6 Å². The van der Waals surface area contributed by atoms with Crippen molar-refractivity contribution in [2.75, 3.05) is 20.3 Å². The topological polar surface area (TPSA) is 53.7 Å². The van der Waals surface area contributed by atoms with E-state index in [1.165, 1.54) is 0 Å². The maximum Gasteiger partial charge on any atom is 0.124 e. The van der Waals surface area contributed by atoms with Gasteiger partial charge in [0.25, 0.3) is 0 Å². The van der Waals surface area contributed by atoms with E-state index in [0.717, 1.165) is 11.3 Å². The first-order chi connectivity index (χ1) is 9.35. The lowest BCUT2D eigenvalue weighted by molar-refractivity contribution is -0.0561. The minimum atomic E-state index is -0.199. The molecule has 0 radical (unpaired) electrons. The van der Waals surface area contributed by atoms with Crippen molar-refractivity contribution in [3.8, 4) is 5.75 Å². The maximum atomic E-state index is 6.04. The van der Waals surface area contributed by atoms with Crippen molar-refractivity contribution in [1.29, 1.82) is 0 Å². The predicted molar refractivity (Wildman–Crippen MR) is 81.0 cm³/mol. The van der Waals surface area contributed by atoms with Crippen LogP contribution in [0.2, 0.25) is 0 Å². The monoisotopic (exact) mass is 281 g/mol. The van der Waals surface area contributed by atoms with E-state index in [4.69, 9.17) is 19.9 Å². The average Bonchev–Trinajstić information content (AvgIpc) is 2.37. The van der Waals surface area contributed by atoms with E-state index in [9.17, 15) is 0 Å². The Morgan fingerprint density at radius 1 is 1.15 bits per heavy atom. The molecular weight excluding hydrogens is 254 g/mol. The quantitative estimate of drug-likeness (QED) is 0.781. The first kappa shape index (κ1) is 17.0. The van der Waals surface area contributed by atoms with Crippen LogP contribution in [0.4, 0.5) is 0 Å². The Kier molecular flexibility index (Phi) is 6.46. The van der Waals surface area contributed by atoms with Crippen molar-refractivity contribution >= 4 is 0 Å². The first-order valence-corrected chi connectivity index (χ1v) is 6.99. The molecule has 0 fully saturated rings. The van der Waals surface area contributed by atoms with Gasteiger partial charge in [-0.15, -0.1) is 0 Å². The summed E-state index contributed by atoms with van der Waals surface area (Å²) in [4.78, 5) is 0. The summed E-state index contributed by atoms with van der Waals surface area (Å²) in [6.07, 6.45) is -0.199. The van der Waals surface area contributed by atoms with Gasteiger partial charge in [-0.05, 0) is 33.8 Å². The number of nitrogens with two attached hydrogens (primary N) is 1. The van der Waals surface area contributed by atoms with Crippen molar-refractivity contribution in [3.63, 3.8) is 0 Å². The summed E-state index contributed by atoms with van der Waals surface area (Å²) in [6.45, 7) is 9.05. The molecule has 1 aromatic carbocycles. The third-order valence-electron chi connectivity index (χ3n) is 2.84. The molecule has 4 nitrogen and oxygen atoms in total. The molecule has 0 aliphatic carbocycles. The van der Waals surface area contributed by atoms with Gasteiger partial charge in [-0.3, -0.25) is 0 Å². The zero-order valence-electron chi connectivity index (χ0n) is 13.2. The van der Waals surface area contributed by atoms with Crippen molar-refractivity contribution in [3.05, 3.63) is 29.8 Å². The molecule has 20 heavy (non-hydrogen) atoms. The highest BCUT2D eigenvalue weighted by molar-refractivity contribution is 5.35. The number of hydrogen-bond donors (Lipinski definition) is 1. The van der Waals surface area contributed by atoms with E-state index in [2.05, 4.69) is 0 Å². The maximum absolute atomic E-state index is 6.04. The fourth-order valence-corrected chi connectivity index (χ4v) is 1.95. The predicted octanol–water partition coefficient (Wildman–Crippen LogP) is 2.92. The summed E-state index contributed by atoms with van der Waals surface area (Å²) in [7, 11) is 1.65. The molecule has 0 bridgehead atoms. The van der Waals surface area contributed by atoms with E-state index in [1.807, 2.05) is 52.0 Å². The second-order valence-corrected chi connectivity index (χ2v) is 5.85. The lowest BCUT2D eigenvalue weighted by Gasteiger charge is -2.25. The molecule has 1 rings (SSSR count). The van der Waals surface area contributed by atoms with Gasteiger partial charge in [0.2, 0.25) is 0 Å². The Morgan fingerprint density at radius 3 is 2.35 bits per heavy atom. The summed E-state index contributed by atoms with van der Waals surface area (Å²) in [5, 5.41) is 0. The molecule has 0 amide bonds. The van der Waals surface area contributed by atoms with Crippen molar-refractivity contribution in [2.45, 2.75) is 45.4 Å². The van der Waals surface area contributed by atoms with Gasteiger partial charge in [-0.2, -0.15) is 0 Å². The molecule has 0 saturated carbocycles. The van der Waals surface area contributed by atoms with Gasteiger partial charge in [0.1, 0.15) is 11.9 Å². The zero-order chi connectivity index (χ0) is 15.2. The van der Waals surface area contributed by atoms with Gasteiger partial charge in [0.05, 0.1) is 25.9 Å². The highest BCUT2D eigenvalue weighted by Crippen LogP contribution is 2.29. The fraction of sp³-hybridized carbons (Fsp3) is 0.625. The highest BCUT2D eigenvalue weighted by Gasteiger charge is 2.21. The summed E-state index contributed by atoms with van der Waals surface area (Å²) in [5.41, 5.74) is 6.86. The number of rotatable bonds is 7. The Hall–Kier alpha value is -1.10. The van der Waals surface area contributed by atoms with Crippen LogP contribution in [0.1, 0.15) is 39.4 Å². The minimum Gasteiger partial charge on any atom is -0.496 e. The van der Waals surface area contributed by atoms with Crippen molar-refractivity contribution < 1.29 is 14.2 Å². The fourth-order valence-electron chi connectivity index (χ4n) is 1.95. The second kappa shape index (κ2) is 7.62. The molecule has 0 heterocycles. The lowest BCUT2D eigenvalue weighted by atomic mass is 10.0. The molecule has 114 valence electrons. The van der Waals surface area contributed by atoms with Crippen LogP contribution < -0.4 is 10.5 Å². The van der Waals surface area contributed by atoms with E-state index in [0.29, 0.717) is 13.2 Å².